The van der Waals surface area contributed by atoms with Crippen molar-refractivity contribution in [1.82, 2.24) is 15.3 Å². The maximum Gasteiger partial charge on any atom is 0.271 e. The lowest BCUT2D eigenvalue weighted by molar-refractivity contribution is 0.0834. The van der Waals surface area contributed by atoms with E-state index >= 15 is 0 Å². The summed E-state index contributed by atoms with van der Waals surface area (Å²) < 4.78 is 4.82. The van der Waals surface area contributed by atoms with E-state index in [-0.39, 0.29) is 24.1 Å². The second-order valence-electron chi connectivity index (χ2n) is 3.04. The zero-order valence-corrected chi connectivity index (χ0v) is 9.44. The molecule has 0 saturated heterocycles. The van der Waals surface area contributed by atoms with Crippen LogP contribution in [-0.4, -0.2) is 47.3 Å². The summed E-state index contributed by atoms with van der Waals surface area (Å²) in [6.45, 7) is 0.00378. The molecule has 0 aliphatic rings. The van der Waals surface area contributed by atoms with E-state index in [9.17, 15) is 4.79 Å². The highest BCUT2D eigenvalue weighted by atomic mass is 35.5. The molecule has 0 aliphatic carbocycles. The normalized spacial score (nSPS) is 12.2. The number of halogens is 1. The molecule has 0 aliphatic heterocycles. The van der Waals surface area contributed by atoms with Crippen LogP contribution in [0.15, 0.2) is 12.4 Å². The third-order valence-electron chi connectivity index (χ3n) is 1.76. The molecule has 7 heteroatoms. The van der Waals surface area contributed by atoms with Gasteiger partial charge in [0.1, 0.15) is 10.8 Å². The maximum atomic E-state index is 11.6. The molecule has 1 rings (SSSR count). The summed E-state index contributed by atoms with van der Waals surface area (Å²) in [4.78, 5) is 19.1. The fourth-order valence-electron chi connectivity index (χ4n) is 1.05. The van der Waals surface area contributed by atoms with Gasteiger partial charge in [0.05, 0.1) is 31.6 Å². The first-order valence-corrected chi connectivity index (χ1v) is 4.93. The molecule has 6 nitrogen and oxygen atoms in total. The standard InChI is InChI=1S/C9H12ClN3O3/c1-16-5-6(4-14)12-9(15)7-2-11-3-8(10)13-7/h2-3,6,14H,4-5H2,1H3,(H,12,15). The predicted octanol–water partition coefficient (Wildman–Crippen LogP) is -0.133. The van der Waals surface area contributed by atoms with Gasteiger partial charge in [-0.2, -0.15) is 0 Å². The van der Waals surface area contributed by atoms with E-state index in [1.165, 1.54) is 19.5 Å². The zero-order valence-electron chi connectivity index (χ0n) is 8.68. The molecule has 0 fully saturated rings. The Kier molecular flexibility index (Phi) is 5.10. The van der Waals surface area contributed by atoms with Gasteiger partial charge in [0.2, 0.25) is 0 Å². The number of aliphatic hydroxyl groups excluding tert-OH is 1. The van der Waals surface area contributed by atoms with Crippen molar-refractivity contribution in [2.75, 3.05) is 20.3 Å². The number of nitrogens with zero attached hydrogens (tertiary/aromatic N) is 2. The lowest BCUT2D eigenvalue weighted by atomic mass is 10.3. The molecule has 1 unspecified atom stereocenters. The summed E-state index contributed by atoms with van der Waals surface area (Å²) >= 11 is 5.59. The van der Waals surface area contributed by atoms with Gasteiger partial charge in [-0.05, 0) is 0 Å². The fourth-order valence-corrected chi connectivity index (χ4v) is 1.20. The molecule has 88 valence electrons. The number of methoxy groups -OCH3 is 1. The number of nitrogens with one attached hydrogen (secondary N) is 1. The fraction of sp³-hybridized carbons (Fsp3) is 0.444. The Labute approximate surface area is 97.6 Å². The van der Waals surface area contributed by atoms with Crippen LogP contribution in [0.4, 0.5) is 0 Å². The van der Waals surface area contributed by atoms with Crippen LogP contribution in [-0.2, 0) is 4.74 Å². The van der Waals surface area contributed by atoms with Gasteiger partial charge in [-0.15, -0.1) is 0 Å². The first-order valence-electron chi connectivity index (χ1n) is 4.55. The second kappa shape index (κ2) is 6.37. The minimum absolute atomic E-state index is 0.0991. The van der Waals surface area contributed by atoms with Crippen LogP contribution in [0.5, 0.6) is 0 Å². The molecule has 1 heterocycles. The molecular formula is C9H12ClN3O3. The van der Waals surface area contributed by atoms with Gasteiger partial charge < -0.3 is 15.2 Å². The first kappa shape index (κ1) is 12.8. The van der Waals surface area contributed by atoms with Crippen molar-refractivity contribution in [1.29, 1.82) is 0 Å². The topological polar surface area (TPSA) is 84.3 Å². The number of carbonyl (C=O) groups is 1. The lowest BCUT2D eigenvalue weighted by Crippen LogP contribution is -2.41. The van der Waals surface area contributed by atoms with Crippen molar-refractivity contribution >= 4 is 17.5 Å². The number of rotatable bonds is 5. The third-order valence-corrected chi connectivity index (χ3v) is 1.94. The smallest absolute Gasteiger partial charge is 0.271 e. The molecule has 0 spiro atoms. The number of hydrogen-bond acceptors (Lipinski definition) is 5. The van der Waals surface area contributed by atoms with Crippen molar-refractivity contribution in [2.45, 2.75) is 6.04 Å². The quantitative estimate of drug-likeness (QED) is 0.755. The van der Waals surface area contributed by atoms with E-state index in [1.807, 2.05) is 0 Å². The number of ether oxygens (including phenoxy) is 1. The van der Waals surface area contributed by atoms with Crippen molar-refractivity contribution in [3.63, 3.8) is 0 Å². The number of aromatic nitrogens is 2. The predicted molar refractivity (Wildman–Crippen MR) is 57.3 cm³/mol. The van der Waals surface area contributed by atoms with Gasteiger partial charge in [0.25, 0.3) is 5.91 Å². The maximum absolute atomic E-state index is 11.6. The highest BCUT2D eigenvalue weighted by Crippen LogP contribution is 2.02. The Bertz CT molecular complexity index is 362. The molecule has 0 radical (unpaired) electrons. The van der Waals surface area contributed by atoms with E-state index in [1.54, 1.807) is 0 Å². The molecule has 2 N–H and O–H groups in total. The molecule has 0 aromatic carbocycles. The summed E-state index contributed by atoms with van der Waals surface area (Å²) in [6.07, 6.45) is 2.62. The first-order chi connectivity index (χ1) is 7.67. The summed E-state index contributed by atoms with van der Waals surface area (Å²) in [6, 6.07) is -0.474. The van der Waals surface area contributed by atoms with Gasteiger partial charge in [-0.3, -0.25) is 9.78 Å². The number of amides is 1. The van der Waals surface area contributed by atoms with Crippen LogP contribution in [0.2, 0.25) is 5.15 Å². The molecule has 1 amide bonds. The Morgan fingerprint density at radius 3 is 3.00 bits per heavy atom. The van der Waals surface area contributed by atoms with Gasteiger partial charge in [-0.1, -0.05) is 11.6 Å². The van der Waals surface area contributed by atoms with Crippen molar-refractivity contribution in [3.05, 3.63) is 23.2 Å². The summed E-state index contributed by atoms with van der Waals surface area (Å²) in [5.74, 6) is -0.453. The minimum atomic E-state index is -0.474. The highest BCUT2D eigenvalue weighted by Gasteiger charge is 2.14. The summed E-state index contributed by atoms with van der Waals surface area (Å²) in [5.41, 5.74) is 0.0991. The minimum Gasteiger partial charge on any atom is -0.394 e. The molecular weight excluding hydrogens is 234 g/mol. The van der Waals surface area contributed by atoms with E-state index in [0.29, 0.717) is 0 Å². The van der Waals surface area contributed by atoms with Crippen LogP contribution in [0.3, 0.4) is 0 Å². The summed E-state index contributed by atoms with van der Waals surface area (Å²) in [7, 11) is 1.48. The Hall–Kier alpha value is -1.24. The number of aliphatic hydroxyl groups is 1. The second-order valence-corrected chi connectivity index (χ2v) is 3.42. The van der Waals surface area contributed by atoms with Gasteiger partial charge in [0, 0.05) is 7.11 Å². The van der Waals surface area contributed by atoms with Crippen LogP contribution in [0.1, 0.15) is 10.5 Å². The Morgan fingerprint density at radius 1 is 1.69 bits per heavy atom. The van der Waals surface area contributed by atoms with Crippen LogP contribution < -0.4 is 5.32 Å². The van der Waals surface area contributed by atoms with Crippen LogP contribution in [0, 0.1) is 0 Å². The van der Waals surface area contributed by atoms with Crippen molar-refractivity contribution in [2.24, 2.45) is 0 Å². The van der Waals surface area contributed by atoms with Crippen LogP contribution in [0.25, 0.3) is 0 Å². The molecule has 16 heavy (non-hydrogen) atoms. The van der Waals surface area contributed by atoms with Crippen molar-refractivity contribution in [3.8, 4) is 0 Å². The SMILES string of the molecule is COCC(CO)NC(=O)c1cncc(Cl)n1. The largest absolute Gasteiger partial charge is 0.394 e. The van der Waals surface area contributed by atoms with Crippen molar-refractivity contribution < 1.29 is 14.6 Å². The van der Waals surface area contributed by atoms with E-state index in [2.05, 4.69) is 15.3 Å². The monoisotopic (exact) mass is 245 g/mol. The highest BCUT2D eigenvalue weighted by molar-refractivity contribution is 6.29. The van der Waals surface area contributed by atoms with Crippen LogP contribution >= 0.6 is 11.6 Å². The van der Waals surface area contributed by atoms with E-state index in [0.717, 1.165) is 0 Å². The lowest BCUT2D eigenvalue weighted by Gasteiger charge is -2.14. The van der Waals surface area contributed by atoms with Gasteiger partial charge in [0.15, 0.2) is 0 Å². The molecule has 1 atom stereocenters. The Morgan fingerprint density at radius 2 is 2.44 bits per heavy atom. The molecule has 1 aromatic rings. The van der Waals surface area contributed by atoms with E-state index < -0.39 is 11.9 Å². The third kappa shape index (κ3) is 3.73. The zero-order chi connectivity index (χ0) is 12.0. The average molecular weight is 246 g/mol. The summed E-state index contributed by atoms with van der Waals surface area (Å²) in [5, 5.41) is 11.6. The molecule has 0 saturated carbocycles. The molecule has 1 aromatic heterocycles. The number of hydrogen-bond donors (Lipinski definition) is 2. The Balaban J connectivity index is 2.64. The van der Waals surface area contributed by atoms with Gasteiger partial charge in [-0.25, -0.2) is 4.98 Å². The molecule has 0 bridgehead atoms. The van der Waals surface area contributed by atoms with E-state index in [4.69, 9.17) is 21.4 Å². The van der Waals surface area contributed by atoms with Gasteiger partial charge >= 0.3 is 0 Å². The number of carbonyl (C=O) groups excluding carboxylic acids is 1. The average Bonchev–Trinajstić information content (AvgIpc) is 2.28.